The lowest BCUT2D eigenvalue weighted by Gasteiger charge is -2.40. The van der Waals surface area contributed by atoms with Crippen LogP contribution in [0.1, 0.15) is 41.1 Å². The zero-order valence-corrected chi connectivity index (χ0v) is 16.9. The average Bonchev–Trinajstić information content (AvgIpc) is 3.20. The van der Waals surface area contributed by atoms with Gasteiger partial charge in [-0.3, -0.25) is 20.4 Å². The van der Waals surface area contributed by atoms with Crippen LogP contribution in [-0.4, -0.2) is 11.8 Å². The highest BCUT2D eigenvalue weighted by Crippen LogP contribution is 2.44. The second kappa shape index (κ2) is 8.63. The Balaban J connectivity index is 1.34. The zero-order valence-electron chi connectivity index (χ0n) is 16.2. The molecule has 2 aromatic carbocycles. The van der Waals surface area contributed by atoms with E-state index in [1.54, 1.807) is 24.3 Å². The number of furan rings is 1. The van der Waals surface area contributed by atoms with Crippen molar-refractivity contribution in [1.29, 1.82) is 0 Å². The van der Waals surface area contributed by atoms with E-state index in [1.807, 2.05) is 42.5 Å². The second-order valence-corrected chi connectivity index (χ2v) is 7.66. The number of hydrogen-bond acceptors (Lipinski definition) is 4. The molecule has 1 heterocycles. The molecule has 0 spiro atoms. The lowest BCUT2D eigenvalue weighted by atomic mass is 9.64. The number of carbonyl (C=O) groups is 2. The summed E-state index contributed by atoms with van der Waals surface area (Å²) in [5, 5.41) is 0.580. The molecule has 154 valence electrons. The summed E-state index contributed by atoms with van der Waals surface area (Å²) in [6, 6.07) is 19.8. The minimum absolute atomic E-state index is 0.0902. The fourth-order valence-electron chi connectivity index (χ4n) is 3.51. The Morgan fingerprint density at radius 1 is 1.00 bits per heavy atom. The van der Waals surface area contributed by atoms with E-state index in [1.165, 1.54) is 0 Å². The fraction of sp³-hybridized carbons (Fsp3) is 0.217. The number of hydrazine groups is 1. The first-order chi connectivity index (χ1) is 14.6. The van der Waals surface area contributed by atoms with Crippen LogP contribution in [0.25, 0.3) is 0 Å². The first-order valence-electron chi connectivity index (χ1n) is 9.70. The quantitative estimate of drug-likeness (QED) is 0.575. The van der Waals surface area contributed by atoms with Crippen LogP contribution in [-0.2, 0) is 16.8 Å². The van der Waals surface area contributed by atoms with Crippen molar-refractivity contribution in [3.05, 3.63) is 88.8 Å². The van der Waals surface area contributed by atoms with Crippen molar-refractivity contribution in [3.63, 3.8) is 0 Å². The van der Waals surface area contributed by atoms with Gasteiger partial charge >= 0.3 is 5.91 Å². The molecule has 2 N–H and O–H groups in total. The Hall–Kier alpha value is -3.25. The molecule has 6 nitrogen and oxygen atoms in total. The highest BCUT2D eigenvalue weighted by Gasteiger charge is 2.45. The summed E-state index contributed by atoms with van der Waals surface area (Å²) in [6.45, 7) is 0.196. The molecule has 1 aliphatic carbocycles. The highest BCUT2D eigenvalue weighted by molar-refractivity contribution is 6.30. The number of ether oxygens (including phenoxy) is 1. The lowest BCUT2D eigenvalue weighted by Crippen LogP contribution is -2.54. The molecule has 2 amide bonds. The number of para-hydroxylation sites is 1. The molecule has 0 unspecified atom stereocenters. The largest absolute Gasteiger partial charge is 0.486 e. The fourth-order valence-corrected chi connectivity index (χ4v) is 3.70. The molecule has 30 heavy (non-hydrogen) atoms. The minimum atomic E-state index is -0.671. The Labute approximate surface area is 179 Å². The molecule has 0 atom stereocenters. The van der Waals surface area contributed by atoms with Crippen molar-refractivity contribution in [2.75, 3.05) is 0 Å². The van der Waals surface area contributed by atoms with Gasteiger partial charge < -0.3 is 9.15 Å². The van der Waals surface area contributed by atoms with Crippen molar-refractivity contribution in [1.82, 2.24) is 10.9 Å². The van der Waals surface area contributed by atoms with Crippen LogP contribution >= 0.6 is 11.6 Å². The van der Waals surface area contributed by atoms with Crippen molar-refractivity contribution in [2.45, 2.75) is 31.3 Å². The summed E-state index contributed by atoms with van der Waals surface area (Å²) in [4.78, 5) is 25.2. The average molecular weight is 425 g/mol. The predicted octanol–water partition coefficient (Wildman–Crippen LogP) is 4.39. The van der Waals surface area contributed by atoms with Gasteiger partial charge in [0.1, 0.15) is 18.1 Å². The van der Waals surface area contributed by atoms with E-state index in [2.05, 4.69) is 10.9 Å². The summed E-state index contributed by atoms with van der Waals surface area (Å²) in [6.07, 6.45) is 2.35. The van der Waals surface area contributed by atoms with Crippen LogP contribution in [0.3, 0.4) is 0 Å². The first-order valence-corrected chi connectivity index (χ1v) is 10.1. The molecule has 1 aliphatic rings. The van der Waals surface area contributed by atoms with E-state index >= 15 is 0 Å². The van der Waals surface area contributed by atoms with Crippen LogP contribution in [0.4, 0.5) is 0 Å². The number of benzene rings is 2. The summed E-state index contributed by atoms with van der Waals surface area (Å²) in [5.41, 5.74) is 5.16. The maximum absolute atomic E-state index is 12.8. The van der Waals surface area contributed by atoms with Gasteiger partial charge in [0.15, 0.2) is 5.76 Å². The van der Waals surface area contributed by atoms with Gasteiger partial charge in [0.2, 0.25) is 5.91 Å². The number of nitrogens with one attached hydrogen (secondary N) is 2. The van der Waals surface area contributed by atoms with E-state index in [9.17, 15) is 9.59 Å². The van der Waals surface area contributed by atoms with Gasteiger partial charge in [-0.2, -0.15) is 0 Å². The van der Waals surface area contributed by atoms with Crippen molar-refractivity contribution in [2.24, 2.45) is 0 Å². The maximum atomic E-state index is 12.8. The summed E-state index contributed by atoms with van der Waals surface area (Å²) >= 11 is 6.09. The van der Waals surface area contributed by atoms with Crippen LogP contribution in [0.5, 0.6) is 5.75 Å². The number of halogens is 1. The van der Waals surface area contributed by atoms with Crippen molar-refractivity contribution < 1.29 is 18.7 Å². The Morgan fingerprint density at radius 2 is 1.80 bits per heavy atom. The van der Waals surface area contributed by atoms with Gasteiger partial charge in [0, 0.05) is 5.02 Å². The molecule has 3 aromatic rings. The smallest absolute Gasteiger partial charge is 0.305 e. The number of rotatable bonds is 6. The Kier molecular flexibility index (Phi) is 5.77. The van der Waals surface area contributed by atoms with Crippen LogP contribution < -0.4 is 15.6 Å². The minimum Gasteiger partial charge on any atom is -0.486 e. The van der Waals surface area contributed by atoms with Crippen LogP contribution in [0.15, 0.2) is 71.1 Å². The predicted molar refractivity (Wildman–Crippen MR) is 112 cm³/mol. The molecule has 0 bridgehead atoms. The summed E-state index contributed by atoms with van der Waals surface area (Å²) in [5.74, 6) is 0.509. The molecule has 7 heteroatoms. The van der Waals surface area contributed by atoms with Gasteiger partial charge in [0.05, 0.1) is 5.41 Å². The molecular weight excluding hydrogens is 404 g/mol. The van der Waals surface area contributed by atoms with Gasteiger partial charge in [-0.05, 0) is 54.8 Å². The molecular formula is C23H21ClN2O4. The van der Waals surface area contributed by atoms with Gasteiger partial charge in [-0.1, -0.05) is 48.4 Å². The third-order valence-electron chi connectivity index (χ3n) is 5.32. The monoisotopic (exact) mass is 424 g/mol. The Morgan fingerprint density at radius 3 is 2.50 bits per heavy atom. The zero-order chi connectivity index (χ0) is 21.0. The van der Waals surface area contributed by atoms with Gasteiger partial charge in [-0.25, -0.2) is 0 Å². The topological polar surface area (TPSA) is 80.6 Å². The number of amides is 2. The number of hydrogen-bond donors (Lipinski definition) is 2. The first kappa shape index (κ1) is 20.0. The molecule has 0 radical (unpaired) electrons. The summed E-state index contributed by atoms with van der Waals surface area (Å²) < 4.78 is 11.1. The highest BCUT2D eigenvalue weighted by atomic mass is 35.5. The standard InChI is InChI=1S/C23H21ClN2O4/c24-17-7-4-6-16(14-17)23(12-5-13-23)22(28)26-25-21(27)20-11-10-19(30-20)15-29-18-8-2-1-3-9-18/h1-4,6-11,14H,5,12-13,15H2,(H,25,27)(H,26,28). The lowest BCUT2D eigenvalue weighted by molar-refractivity contribution is -0.130. The molecule has 0 saturated heterocycles. The second-order valence-electron chi connectivity index (χ2n) is 7.22. The molecule has 4 rings (SSSR count). The van der Waals surface area contributed by atoms with E-state index in [0.29, 0.717) is 29.4 Å². The molecule has 1 saturated carbocycles. The van der Waals surface area contributed by atoms with Crippen LogP contribution in [0, 0.1) is 0 Å². The molecule has 0 aliphatic heterocycles. The third-order valence-corrected chi connectivity index (χ3v) is 5.55. The van der Waals surface area contributed by atoms with E-state index in [4.69, 9.17) is 20.8 Å². The van der Waals surface area contributed by atoms with Crippen molar-refractivity contribution >= 4 is 23.4 Å². The molecule has 1 aromatic heterocycles. The Bertz CT molecular complexity index is 1040. The third kappa shape index (κ3) is 4.19. The number of carbonyl (C=O) groups excluding carboxylic acids is 2. The van der Waals surface area contributed by atoms with Crippen LogP contribution in [0.2, 0.25) is 5.02 Å². The summed E-state index contributed by atoms with van der Waals surface area (Å²) in [7, 11) is 0. The van der Waals surface area contributed by atoms with E-state index < -0.39 is 11.3 Å². The van der Waals surface area contributed by atoms with Gasteiger partial charge in [-0.15, -0.1) is 0 Å². The maximum Gasteiger partial charge on any atom is 0.305 e. The normalized spacial score (nSPS) is 14.4. The SMILES string of the molecule is O=C(NNC(=O)C1(c2cccc(Cl)c2)CCC1)c1ccc(COc2ccccc2)o1. The van der Waals surface area contributed by atoms with E-state index in [-0.39, 0.29) is 18.3 Å². The molecule has 1 fully saturated rings. The van der Waals surface area contributed by atoms with E-state index in [0.717, 1.165) is 12.0 Å². The van der Waals surface area contributed by atoms with Gasteiger partial charge in [0.25, 0.3) is 0 Å². The van der Waals surface area contributed by atoms with Crippen molar-refractivity contribution in [3.8, 4) is 5.75 Å².